The average Bonchev–Trinajstić information content (AvgIpc) is 2.39. The van der Waals surface area contributed by atoms with Crippen LogP contribution in [0.2, 0.25) is 0 Å². The molecule has 0 aliphatic carbocycles. The van der Waals surface area contributed by atoms with Gasteiger partial charge in [-0.15, -0.1) is 0 Å². The number of pyridine rings is 1. The number of methoxy groups -OCH3 is 1. The summed E-state index contributed by atoms with van der Waals surface area (Å²) >= 11 is 3.15. The highest BCUT2D eigenvalue weighted by Crippen LogP contribution is 2.20. The van der Waals surface area contributed by atoms with Gasteiger partial charge in [-0.25, -0.2) is 9.37 Å². The Morgan fingerprint density at radius 2 is 2.37 bits per heavy atom. The van der Waals surface area contributed by atoms with Gasteiger partial charge in [-0.05, 0) is 22.0 Å². The first-order valence-corrected chi connectivity index (χ1v) is 6.39. The van der Waals surface area contributed by atoms with Crippen LogP contribution in [0.25, 0.3) is 0 Å². The Kier molecular flexibility index (Phi) is 6.51. The molecule has 0 spiro atoms. The van der Waals surface area contributed by atoms with Gasteiger partial charge in [0.2, 0.25) is 0 Å². The molecule has 8 heteroatoms. The lowest BCUT2D eigenvalue weighted by Gasteiger charge is -2.23. The van der Waals surface area contributed by atoms with E-state index in [1.165, 1.54) is 12.3 Å². The fraction of sp³-hybridized carbons (Fsp3) is 0.455. The summed E-state index contributed by atoms with van der Waals surface area (Å²) in [6.07, 6.45) is 1.82. The van der Waals surface area contributed by atoms with Crippen LogP contribution in [0, 0.1) is 5.82 Å². The molecule has 6 nitrogen and oxygen atoms in total. The first-order valence-electron chi connectivity index (χ1n) is 5.59. The Morgan fingerprint density at radius 1 is 1.63 bits per heavy atom. The SMILES string of the molecule is COCCN(CCC(N)=NO)c1ncc(Br)cc1F. The summed E-state index contributed by atoms with van der Waals surface area (Å²) in [5.74, 6) is -0.143. The van der Waals surface area contributed by atoms with E-state index in [-0.39, 0.29) is 11.7 Å². The second-order valence-corrected chi connectivity index (χ2v) is 4.70. The molecule has 1 aromatic heterocycles. The maximum atomic E-state index is 13.8. The predicted octanol–water partition coefficient (Wildman–Crippen LogP) is 1.57. The topological polar surface area (TPSA) is 84.0 Å². The summed E-state index contributed by atoms with van der Waals surface area (Å²) in [5, 5.41) is 11.4. The zero-order chi connectivity index (χ0) is 14.3. The van der Waals surface area contributed by atoms with Crippen LogP contribution in [-0.2, 0) is 4.74 Å². The molecule has 0 bridgehead atoms. The molecule has 1 heterocycles. The van der Waals surface area contributed by atoms with E-state index in [0.29, 0.717) is 30.6 Å². The van der Waals surface area contributed by atoms with Gasteiger partial charge < -0.3 is 20.6 Å². The molecule has 106 valence electrons. The third-order valence-corrected chi connectivity index (χ3v) is 2.85. The van der Waals surface area contributed by atoms with Crippen molar-refractivity contribution in [2.75, 3.05) is 31.7 Å². The summed E-state index contributed by atoms with van der Waals surface area (Å²) in [6.45, 7) is 1.26. The van der Waals surface area contributed by atoms with Crippen molar-refractivity contribution in [1.82, 2.24) is 4.98 Å². The van der Waals surface area contributed by atoms with Crippen LogP contribution in [0.3, 0.4) is 0 Å². The van der Waals surface area contributed by atoms with E-state index in [9.17, 15) is 4.39 Å². The van der Waals surface area contributed by atoms with Crippen molar-refractivity contribution >= 4 is 27.6 Å². The van der Waals surface area contributed by atoms with Crippen molar-refractivity contribution in [3.05, 3.63) is 22.6 Å². The molecule has 0 aliphatic rings. The smallest absolute Gasteiger partial charge is 0.166 e. The number of oxime groups is 1. The molecule has 0 aliphatic heterocycles. The van der Waals surface area contributed by atoms with Crippen LogP contribution in [0.15, 0.2) is 21.9 Å². The molecule has 3 N–H and O–H groups in total. The summed E-state index contributed by atoms with van der Waals surface area (Å²) in [4.78, 5) is 5.72. The van der Waals surface area contributed by atoms with E-state index in [1.807, 2.05) is 0 Å². The Morgan fingerprint density at radius 3 is 2.95 bits per heavy atom. The number of hydrogen-bond donors (Lipinski definition) is 2. The molecule has 0 atom stereocenters. The first kappa shape index (κ1) is 15.6. The van der Waals surface area contributed by atoms with Crippen LogP contribution < -0.4 is 10.6 Å². The van der Waals surface area contributed by atoms with E-state index in [4.69, 9.17) is 15.7 Å². The number of hydrogen-bond acceptors (Lipinski definition) is 5. The van der Waals surface area contributed by atoms with Gasteiger partial charge in [0.15, 0.2) is 11.6 Å². The van der Waals surface area contributed by atoms with Gasteiger partial charge in [0.1, 0.15) is 5.84 Å². The highest BCUT2D eigenvalue weighted by Gasteiger charge is 2.14. The average molecular weight is 335 g/mol. The number of anilines is 1. The van der Waals surface area contributed by atoms with Crippen LogP contribution in [0.5, 0.6) is 0 Å². The molecule has 0 fully saturated rings. The fourth-order valence-corrected chi connectivity index (χ4v) is 1.77. The minimum atomic E-state index is -0.440. The number of nitrogens with zero attached hydrogens (tertiary/aromatic N) is 3. The molecule has 0 radical (unpaired) electrons. The Hall–Kier alpha value is -1.41. The van der Waals surface area contributed by atoms with E-state index >= 15 is 0 Å². The zero-order valence-corrected chi connectivity index (χ0v) is 12.1. The molecule has 1 rings (SSSR count). The van der Waals surface area contributed by atoms with E-state index in [0.717, 1.165) is 0 Å². The van der Waals surface area contributed by atoms with Gasteiger partial charge in [-0.1, -0.05) is 5.16 Å². The van der Waals surface area contributed by atoms with Crippen molar-refractivity contribution < 1.29 is 14.3 Å². The lowest BCUT2D eigenvalue weighted by atomic mass is 10.3. The molecule has 0 saturated heterocycles. The van der Waals surface area contributed by atoms with Crippen molar-refractivity contribution in [3.63, 3.8) is 0 Å². The number of aromatic nitrogens is 1. The van der Waals surface area contributed by atoms with Gasteiger partial charge in [0.05, 0.1) is 6.61 Å². The lowest BCUT2D eigenvalue weighted by Crippen LogP contribution is -2.32. The van der Waals surface area contributed by atoms with Gasteiger partial charge in [-0.3, -0.25) is 0 Å². The van der Waals surface area contributed by atoms with E-state index in [2.05, 4.69) is 26.1 Å². The Balaban J connectivity index is 2.82. The standard InChI is InChI=1S/C11H16BrFN4O2/c1-19-5-4-17(3-2-10(14)16-18)11-9(13)6-8(12)7-15-11/h6-7,18H,2-5H2,1H3,(H2,14,16). The number of rotatable bonds is 7. The molecular weight excluding hydrogens is 319 g/mol. The monoisotopic (exact) mass is 334 g/mol. The van der Waals surface area contributed by atoms with Gasteiger partial charge >= 0.3 is 0 Å². The van der Waals surface area contributed by atoms with Crippen LogP contribution >= 0.6 is 15.9 Å². The maximum Gasteiger partial charge on any atom is 0.166 e. The second kappa shape index (κ2) is 7.90. The molecule has 0 unspecified atom stereocenters. The van der Waals surface area contributed by atoms with Gasteiger partial charge in [0, 0.05) is 37.3 Å². The van der Waals surface area contributed by atoms with Crippen LogP contribution in [-0.4, -0.2) is 42.8 Å². The molecule has 0 aromatic carbocycles. The minimum Gasteiger partial charge on any atom is -0.409 e. The van der Waals surface area contributed by atoms with Crippen LogP contribution in [0.1, 0.15) is 6.42 Å². The van der Waals surface area contributed by atoms with Crippen LogP contribution in [0.4, 0.5) is 10.2 Å². The molecule has 0 saturated carbocycles. The second-order valence-electron chi connectivity index (χ2n) is 3.78. The largest absolute Gasteiger partial charge is 0.409 e. The molecule has 0 amide bonds. The summed E-state index contributed by atoms with van der Waals surface area (Å²) in [7, 11) is 1.56. The third kappa shape index (κ3) is 4.99. The van der Waals surface area contributed by atoms with Crippen molar-refractivity contribution in [2.24, 2.45) is 10.9 Å². The van der Waals surface area contributed by atoms with Crippen molar-refractivity contribution in [2.45, 2.75) is 6.42 Å². The molecule has 1 aromatic rings. The predicted molar refractivity (Wildman–Crippen MR) is 74.0 cm³/mol. The molecule has 19 heavy (non-hydrogen) atoms. The third-order valence-electron chi connectivity index (χ3n) is 2.42. The van der Waals surface area contributed by atoms with E-state index < -0.39 is 5.82 Å². The van der Waals surface area contributed by atoms with Crippen molar-refractivity contribution in [1.29, 1.82) is 0 Å². The summed E-state index contributed by atoms with van der Waals surface area (Å²) in [5.41, 5.74) is 5.41. The number of ether oxygens (including phenoxy) is 1. The number of nitrogens with two attached hydrogens (primary N) is 1. The maximum absolute atomic E-state index is 13.8. The zero-order valence-electron chi connectivity index (χ0n) is 10.5. The summed E-state index contributed by atoms with van der Waals surface area (Å²) in [6, 6.07) is 1.34. The Bertz CT molecular complexity index is 445. The minimum absolute atomic E-state index is 0.0833. The quantitative estimate of drug-likeness (QED) is 0.342. The van der Waals surface area contributed by atoms with Crippen molar-refractivity contribution in [3.8, 4) is 0 Å². The normalized spacial score (nSPS) is 11.6. The highest BCUT2D eigenvalue weighted by atomic mass is 79.9. The van der Waals surface area contributed by atoms with E-state index in [1.54, 1.807) is 12.0 Å². The fourth-order valence-electron chi connectivity index (χ4n) is 1.46. The number of halogens is 2. The van der Waals surface area contributed by atoms with Gasteiger partial charge in [-0.2, -0.15) is 0 Å². The highest BCUT2D eigenvalue weighted by molar-refractivity contribution is 9.10. The number of amidine groups is 1. The van der Waals surface area contributed by atoms with Gasteiger partial charge in [0.25, 0.3) is 0 Å². The Labute approximate surface area is 119 Å². The summed E-state index contributed by atoms with van der Waals surface area (Å²) < 4.78 is 19.4. The molecular formula is C11H16BrFN4O2. The lowest BCUT2D eigenvalue weighted by molar-refractivity contribution is 0.205. The first-order chi connectivity index (χ1) is 9.08.